The third kappa shape index (κ3) is 4.73. The molecule has 0 saturated heterocycles. The Balaban J connectivity index is 1.50. The number of hydrogen-bond donors (Lipinski definition) is 0. The van der Waals surface area contributed by atoms with Crippen LogP contribution < -0.4 is 0 Å². The predicted molar refractivity (Wildman–Crippen MR) is 186 cm³/mol. The minimum absolute atomic E-state index is 0.0979. The quantitative estimate of drug-likeness (QED) is 0.177. The maximum atomic E-state index is 8.38. The molecule has 4 aromatic carbocycles. The second-order valence-electron chi connectivity index (χ2n) is 13.5. The summed E-state index contributed by atoms with van der Waals surface area (Å²) in [7, 11) is 16.8. The summed E-state index contributed by atoms with van der Waals surface area (Å²) in [4.78, 5) is 0. The van der Waals surface area contributed by atoms with Gasteiger partial charge in [0.2, 0.25) is 0 Å². The van der Waals surface area contributed by atoms with Crippen molar-refractivity contribution in [2.45, 2.75) is 59.9 Å². The van der Waals surface area contributed by atoms with Gasteiger partial charge >= 0.3 is 263 Å². The molecule has 0 radical (unpaired) electrons. The van der Waals surface area contributed by atoms with Gasteiger partial charge in [-0.15, -0.1) is 0 Å². The molecule has 2 atom stereocenters. The fourth-order valence-corrected chi connectivity index (χ4v) is 37.0. The molecule has 2 aliphatic carbocycles. The molecule has 0 N–H and O–H groups in total. The first-order chi connectivity index (χ1) is 19.9. The maximum absolute atomic E-state index is 8.38. The predicted octanol–water partition coefficient (Wildman–Crippen LogP) is 11.9. The Morgan fingerprint density at radius 2 is 1.31 bits per heavy atom. The van der Waals surface area contributed by atoms with Gasteiger partial charge in [0.15, 0.2) is 0 Å². The van der Waals surface area contributed by atoms with E-state index in [-0.39, 0.29) is 12.7 Å². The van der Waals surface area contributed by atoms with Gasteiger partial charge in [0.05, 0.1) is 0 Å². The Morgan fingerprint density at radius 3 is 1.90 bits per heavy atom. The molecular formula is C38H41Cl2SiZr. The standard InChI is InChI=1S/C21H23.C15H11.C2H7Si.2ClH.Zr/c1-5-15-13-17-7-6-8-19(20(17)14-15)16-9-11-18(12-10-16)21(2,3)4;1-2-6-12(7-3-1)14-10-4-8-13-9-5-11-15(13)14;1-3-2;;;/h6-14H,5H2,1-4H3;1-11H;3H,1-2H3;2*1H;/q;;;;;+2/p-2. The van der Waals surface area contributed by atoms with Crippen LogP contribution in [0.3, 0.4) is 0 Å². The Bertz CT molecular complexity index is 1710. The number of halogens is 2. The summed E-state index contributed by atoms with van der Waals surface area (Å²) in [5.74, 6) is -1.55. The topological polar surface area (TPSA) is 0 Å². The second-order valence-corrected chi connectivity index (χ2v) is 56.2. The summed E-state index contributed by atoms with van der Waals surface area (Å²) in [6, 6.07) is 33.4. The SMILES string of the molecule is CCC1=Cc2c(-c3ccc(C(C)(C)C)cc3)cccc2[CH]1[Zr]([Cl])([Cl])([CH]1C=Cc2c(-c3ccccc3)cccc21)[SiH](C)C. The molecule has 0 amide bonds. The number of rotatable bonds is 6. The zero-order valence-electron chi connectivity index (χ0n) is 25.6. The van der Waals surface area contributed by atoms with E-state index in [1.54, 1.807) is 0 Å². The Morgan fingerprint density at radius 1 is 0.714 bits per heavy atom. The summed E-state index contributed by atoms with van der Waals surface area (Å²) in [6.45, 7) is 13.9. The molecule has 0 nitrogen and oxygen atoms in total. The first-order valence-electron chi connectivity index (χ1n) is 15.3. The van der Waals surface area contributed by atoms with Crippen LogP contribution >= 0.6 is 17.0 Å². The Labute approximate surface area is 261 Å². The van der Waals surface area contributed by atoms with Crippen LogP contribution in [0.15, 0.2) is 103 Å². The van der Waals surface area contributed by atoms with E-state index in [0.29, 0.717) is 0 Å². The van der Waals surface area contributed by atoms with Crippen molar-refractivity contribution >= 4 is 35.1 Å². The zero-order valence-corrected chi connectivity index (χ0v) is 30.7. The number of hydrogen-bond acceptors (Lipinski definition) is 0. The zero-order chi connectivity index (χ0) is 29.9. The Hall–Kier alpha value is -1.96. The van der Waals surface area contributed by atoms with E-state index >= 15 is 0 Å². The molecule has 4 heteroatoms. The first-order valence-corrected chi connectivity index (χ1v) is 31.6. The van der Waals surface area contributed by atoms with Crippen LogP contribution in [-0.2, 0) is 21.0 Å². The van der Waals surface area contributed by atoms with Crippen LogP contribution in [0.2, 0.25) is 13.1 Å². The van der Waals surface area contributed by atoms with Crippen molar-refractivity contribution in [1.29, 1.82) is 0 Å². The monoisotopic (exact) mass is 685 g/mol. The van der Waals surface area contributed by atoms with E-state index in [0.717, 1.165) is 6.42 Å². The molecule has 0 aliphatic heterocycles. The van der Waals surface area contributed by atoms with Gasteiger partial charge in [-0.2, -0.15) is 0 Å². The number of allylic oxidation sites excluding steroid dienone is 2. The van der Waals surface area contributed by atoms with Crippen LogP contribution in [-0.4, -0.2) is 5.92 Å². The van der Waals surface area contributed by atoms with E-state index in [4.69, 9.17) is 17.0 Å². The summed E-state index contributed by atoms with van der Waals surface area (Å²) in [5, 5.41) is 0. The van der Waals surface area contributed by atoms with Crippen molar-refractivity contribution in [1.82, 2.24) is 0 Å². The van der Waals surface area contributed by atoms with E-state index in [9.17, 15) is 0 Å². The van der Waals surface area contributed by atoms with Gasteiger partial charge in [0.1, 0.15) is 0 Å². The summed E-state index contributed by atoms with van der Waals surface area (Å²) in [6.07, 6.45) is 8.10. The fourth-order valence-electron chi connectivity index (χ4n) is 7.38. The second kappa shape index (κ2) is 10.9. The van der Waals surface area contributed by atoms with E-state index < -0.39 is 21.5 Å². The van der Waals surface area contributed by atoms with E-state index in [1.165, 1.54) is 55.6 Å². The van der Waals surface area contributed by atoms with Crippen LogP contribution in [0.5, 0.6) is 0 Å². The van der Waals surface area contributed by atoms with Gasteiger partial charge in [-0.25, -0.2) is 0 Å². The van der Waals surface area contributed by atoms with Crippen LogP contribution in [0.4, 0.5) is 0 Å². The molecule has 2 unspecified atom stereocenters. The molecule has 42 heavy (non-hydrogen) atoms. The van der Waals surface area contributed by atoms with Crippen molar-refractivity contribution in [3.63, 3.8) is 0 Å². The third-order valence-electron chi connectivity index (χ3n) is 9.89. The van der Waals surface area contributed by atoms with Crippen molar-refractivity contribution in [3.8, 4) is 22.3 Å². The van der Waals surface area contributed by atoms with Crippen molar-refractivity contribution in [3.05, 3.63) is 130 Å². The normalized spacial score (nSPS) is 18.9. The summed E-state index contributed by atoms with van der Waals surface area (Å²) < 4.78 is 0.219. The van der Waals surface area contributed by atoms with Gasteiger partial charge in [0, 0.05) is 0 Å². The van der Waals surface area contributed by atoms with Gasteiger partial charge in [0.25, 0.3) is 0 Å². The summed E-state index contributed by atoms with van der Waals surface area (Å²) in [5.41, 5.74) is 13.2. The minimum atomic E-state index is -4.64. The molecule has 0 bridgehead atoms. The molecular weight excluding hydrogens is 647 g/mol. The molecule has 215 valence electrons. The first kappa shape index (κ1) is 30.1. The van der Waals surface area contributed by atoms with Crippen molar-refractivity contribution < 1.29 is 15.6 Å². The van der Waals surface area contributed by atoms with Gasteiger partial charge in [-0.05, 0) is 0 Å². The van der Waals surface area contributed by atoms with Gasteiger partial charge in [-0.1, -0.05) is 0 Å². The van der Waals surface area contributed by atoms with Crippen molar-refractivity contribution in [2.75, 3.05) is 0 Å². The molecule has 0 heterocycles. The Kier molecular flexibility index (Phi) is 7.80. The average molecular weight is 688 g/mol. The van der Waals surface area contributed by atoms with Gasteiger partial charge in [-0.3, -0.25) is 0 Å². The molecule has 0 aromatic heterocycles. The molecule has 0 spiro atoms. The van der Waals surface area contributed by atoms with Gasteiger partial charge < -0.3 is 0 Å². The summed E-state index contributed by atoms with van der Waals surface area (Å²) >= 11 is -4.64. The number of fused-ring (bicyclic) bond motifs is 2. The third-order valence-corrected chi connectivity index (χ3v) is 61.9. The molecule has 4 aromatic rings. The fraction of sp³-hybridized carbons (Fsp3) is 0.263. The van der Waals surface area contributed by atoms with E-state index in [2.05, 4.69) is 150 Å². The van der Waals surface area contributed by atoms with Crippen molar-refractivity contribution in [2.24, 2.45) is 0 Å². The van der Waals surface area contributed by atoms with Crippen LogP contribution in [0.1, 0.15) is 69.2 Å². The van der Waals surface area contributed by atoms with Crippen LogP contribution in [0.25, 0.3) is 34.4 Å². The molecule has 2 aliphatic rings. The molecule has 0 saturated carbocycles. The molecule has 0 fully saturated rings. The number of benzene rings is 4. The molecule has 6 rings (SSSR count). The average Bonchev–Trinajstić information content (AvgIpc) is 3.60. The van der Waals surface area contributed by atoms with Crippen LogP contribution in [0, 0.1) is 0 Å². The van der Waals surface area contributed by atoms with E-state index in [1.807, 2.05) is 0 Å².